The monoisotopic (exact) mass is 387 g/mol. The van der Waals surface area contributed by atoms with E-state index in [-0.39, 0.29) is 23.3 Å². The minimum absolute atomic E-state index is 0.0763. The van der Waals surface area contributed by atoms with Gasteiger partial charge in [0.25, 0.3) is 11.5 Å². The van der Waals surface area contributed by atoms with E-state index in [0.717, 1.165) is 43.4 Å². The second-order valence-corrected chi connectivity index (χ2v) is 7.65. The first-order chi connectivity index (χ1) is 13.4. The molecule has 4 N–H and O–H groups in total. The summed E-state index contributed by atoms with van der Waals surface area (Å²) in [7, 11) is 0. The first-order valence-electron chi connectivity index (χ1n) is 9.82. The third kappa shape index (κ3) is 2.94. The molecule has 1 aliphatic heterocycles. The van der Waals surface area contributed by atoms with Gasteiger partial charge in [0.05, 0.1) is 5.56 Å². The fraction of sp³-hybridized carbons (Fsp3) is 0.579. The van der Waals surface area contributed by atoms with Gasteiger partial charge in [-0.15, -0.1) is 0 Å². The quantitative estimate of drug-likeness (QED) is 0.613. The molecule has 1 amide bonds. The fourth-order valence-electron chi connectivity index (χ4n) is 4.64. The Balaban J connectivity index is 1.50. The first kappa shape index (κ1) is 18.5. The number of amides is 1. The van der Waals surface area contributed by atoms with Crippen LogP contribution in [0.5, 0.6) is 5.88 Å². The summed E-state index contributed by atoms with van der Waals surface area (Å²) >= 11 is 0. The molecule has 1 saturated carbocycles. The maximum atomic E-state index is 12.5. The molecule has 0 spiro atoms. The van der Waals surface area contributed by atoms with Gasteiger partial charge in [-0.3, -0.25) is 24.7 Å². The van der Waals surface area contributed by atoms with Crippen LogP contribution in [0.2, 0.25) is 0 Å². The third-order valence-corrected chi connectivity index (χ3v) is 6.09. The number of rotatable bonds is 5. The van der Waals surface area contributed by atoms with Gasteiger partial charge in [-0.2, -0.15) is 5.10 Å². The molecule has 1 fully saturated rings. The largest absolute Gasteiger partial charge is 0.471 e. The van der Waals surface area contributed by atoms with Crippen molar-refractivity contribution in [2.75, 3.05) is 6.54 Å². The highest BCUT2D eigenvalue weighted by Crippen LogP contribution is 2.51. The lowest BCUT2D eigenvalue weighted by molar-refractivity contribution is 0.0245. The number of ether oxygens (including phenoxy) is 1. The van der Waals surface area contributed by atoms with E-state index < -0.39 is 11.3 Å². The number of H-pyrrole nitrogens is 3. The van der Waals surface area contributed by atoms with Crippen molar-refractivity contribution in [1.29, 1.82) is 0 Å². The average molecular weight is 387 g/mol. The molecule has 9 nitrogen and oxygen atoms in total. The Hall–Kier alpha value is -2.84. The maximum absolute atomic E-state index is 12.5. The SMILES string of the molecule is CCc1[nH]nc(C(=O)NCC[C@@]23CCCC[C@@H]2c2c([nH]c(=O)[nH]c2=O)O3)c1C. The summed E-state index contributed by atoms with van der Waals surface area (Å²) in [5.41, 5.74) is 1.24. The van der Waals surface area contributed by atoms with Gasteiger partial charge < -0.3 is 10.1 Å². The lowest BCUT2D eigenvalue weighted by Crippen LogP contribution is -2.44. The maximum Gasteiger partial charge on any atom is 0.328 e. The number of aromatic amines is 3. The van der Waals surface area contributed by atoms with Crippen LogP contribution < -0.4 is 21.3 Å². The van der Waals surface area contributed by atoms with Gasteiger partial charge >= 0.3 is 5.69 Å². The van der Waals surface area contributed by atoms with E-state index in [1.165, 1.54) is 0 Å². The van der Waals surface area contributed by atoms with Crippen LogP contribution in [-0.2, 0) is 6.42 Å². The number of carbonyl (C=O) groups excluding carboxylic acids is 1. The Labute approximate surface area is 161 Å². The van der Waals surface area contributed by atoms with Crippen LogP contribution in [0.4, 0.5) is 0 Å². The summed E-state index contributed by atoms with van der Waals surface area (Å²) in [5.74, 6) is -0.0192. The van der Waals surface area contributed by atoms with Crippen molar-refractivity contribution in [1.82, 2.24) is 25.5 Å². The van der Waals surface area contributed by atoms with E-state index in [9.17, 15) is 14.4 Å². The fourth-order valence-corrected chi connectivity index (χ4v) is 4.64. The molecule has 0 aromatic carbocycles. The second kappa shape index (κ2) is 6.96. The Bertz CT molecular complexity index is 1020. The van der Waals surface area contributed by atoms with Gasteiger partial charge in [0.2, 0.25) is 5.88 Å². The van der Waals surface area contributed by atoms with E-state index in [0.29, 0.717) is 24.2 Å². The molecule has 4 rings (SSSR count). The number of fused-ring (bicyclic) bond motifs is 3. The number of nitrogens with zero attached hydrogens (tertiary/aromatic N) is 1. The summed E-state index contributed by atoms with van der Waals surface area (Å²) in [5, 5.41) is 9.94. The van der Waals surface area contributed by atoms with Crippen LogP contribution >= 0.6 is 0 Å². The van der Waals surface area contributed by atoms with Crippen molar-refractivity contribution in [3.63, 3.8) is 0 Å². The summed E-state index contributed by atoms with van der Waals surface area (Å²) < 4.78 is 6.14. The highest BCUT2D eigenvalue weighted by Gasteiger charge is 2.51. The molecule has 2 atom stereocenters. The van der Waals surface area contributed by atoms with Gasteiger partial charge in [-0.1, -0.05) is 13.3 Å². The zero-order valence-electron chi connectivity index (χ0n) is 16.1. The summed E-state index contributed by atoms with van der Waals surface area (Å²) in [6.07, 6.45) is 4.95. The Morgan fingerprint density at radius 1 is 1.32 bits per heavy atom. The van der Waals surface area contributed by atoms with Crippen LogP contribution in [0, 0.1) is 6.92 Å². The predicted octanol–water partition coefficient (Wildman–Crippen LogP) is 1.27. The smallest absolute Gasteiger partial charge is 0.328 e. The van der Waals surface area contributed by atoms with Crippen LogP contribution in [-0.4, -0.2) is 38.2 Å². The van der Waals surface area contributed by atoms with Gasteiger partial charge in [-0.05, 0) is 32.6 Å². The Morgan fingerprint density at radius 3 is 2.89 bits per heavy atom. The highest BCUT2D eigenvalue weighted by atomic mass is 16.5. The molecule has 0 bridgehead atoms. The third-order valence-electron chi connectivity index (χ3n) is 6.09. The van der Waals surface area contributed by atoms with Gasteiger partial charge in [0.1, 0.15) is 5.60 Å². The molecule has 28 heavy (non-hydrogen) atoms. The van der Waals surface area contributed by atoms with Gasteiger partial charge in [0.15, 0.2) is 5.69 Å². The number of hydrogen-bond donors (Lipinski definition) is 4. The number of nitrogens with one attached hydrogen (secondary N) is 4. The van der Waals surface area contributed by atoms with Crippen molar-refractivity contribution < 1.29 is 9.53 Å². The van der Waals surface area contributed by atoms with Crippen LogP contribution in [0.3, 0.4) is 0 Å². The van der Waals surface area contributed by atoms with E-state index in [4.69, 9.17) is 4.74 Å². The molecule has 150 valence electrons. The number of aryl methyl sites for hydroxylation is 1. The minimum Gasteiger partial charge on any atom is -0.471 e. The number of carbonyl (C=O) groups is 1. The molecule has 3 heterocycles. The zero-order chi connectivity index (χ0) is 19.9. The molecular formula is C19H25N5O4. The lowest BCUT2D eigenvalue weighted by atomic mass is 9.72. The van der Waals surface area contributed by atoms with E-state index in [1.54, 1.807) is 0 Å². The molecule has 0 unspecified atom stereocenters. The predicted molar refractivity (Wildman–Crippen MR) is 102 cm³/mol. The van der Waals surface area contributed by atoms with Crippen molar-refractivity contribution in [3.8, 4) is 5.88 Å². The molecular weight excluding hydrogens is 362 g/mol. The van der Waals surface area contributed by atoms with Crippen molar-refractivity contribution in [3.05, 3.63) is 43.4 Å². The first-order valence-corrected chi connectivity index (χ1v) is 9.82. The highest BCUT2D eigenvalue weighted by molar-refractivity contribution is 5.93. The summed E-state index contributed by atoms with van der Waals surface area (Å²) in [6.45, 7) is 4.29. The minimum atomic E-state index is -0.569. The molecule has 0 saturated heterocycles. The van der Waals surface area contributed by atoms with Crippen molar-refractivity contribution in [2.45, 2.75) is 63.9 Å². The lowest BCUT2D eigenvalue weighted by Gasteiger charge is -2.38. The van der Waals surface area contributed by atoms with E-state index >= 15 is 0 Å². The summed E-state index contributed by atoms with van der Waals surface area (Å²) in [6, 6.07) is 0. The molecule has 2 aromatic rings. The standard InChI is InChI=1S/C19H25N5O4/c1-3-12-10(2)14(24-23-12)16(26)20-9-8-19-7-5-4-6-11(19)13-15(25)21-18(27)22-17(13)28-19/h11H,3-9H2,1-2H3,(H,20,26)(H,23,24)(H2,21,22,25,27)/t11-,19+/m1/s1. The van der Waals surface area contributed by atoms with Crippen molar-refractivity contribution in [2.24, 2.45) is 0 Å². The molecule has 0 radical (unpaired) electrons. The molecule has 2 aromatic heterocycles. The second-order valence-electron chi connectivity index (χ2n) is 7.65. The molecule has 2 aliphatic rings. The van der Waals surface area contributed by atoms with E-state index in [2.05, 4.69) is 25.5 Å². The number of aromatic nitrogens is 4. The zero-order valence-corrected chi connectivity index (χ0v) is 16.1. The van der Waals surface area contributed by atoms with Gasteiger partial charge in [-0.25, -0.2) is 4.79 Å². The van der Waals surface area contributed by atoms with Crippen LogP contribution in [0.15, 0.2) is 9.59 Å². The Morgan fingerprint density at radius 2 is 2.14 bits per heavy atom. The topological polar surface area (TPSA) is 133 Å². The van der Waals surface area contributed by atoms with Crippen LogP contribution in [0.25, 0.3) is 0 Å². The normalized spacial score (nSPS) is 23.0. The average Bonchev–Trinajstić information content (AvgIpc) is 3.18. The molecule has 9 heteroatoms. The van der Waals surface area contributed by atoms with Crippen molar-refractivity contribution >= 4 is 5.91 Å². The van der Waals surface area contributed by atoms with Gasteiger partial charge in [0, 0.05) is 30.1 Å². The summed E-state index contributed by atoms with van der Waals surface area (Å²) in [4.78, 5) is 41.4. The molecule has 1 aliphatic carbocycles. The Kier molecular flexibility index (Phi) is 4.60. The van der Waals surface area contributed by atoms with E-state index in [1.807, 2.05) is 13.8 Å². The number of hydrogen-bond acceptors (Lipinski definition) is 5. The van der Waals surface area contributed by atoms with Crippen LogP contribution in [0.1, 0.15) is 72.3 Å².